The average Bonchev–Trinajstić information content (AvgIpc) is 2.05. The van der Waals surface area contributed by atoms with Crippen LogP contribution in [0.1, 0.15) is 45.4 Å². The van der Waals surface area contributed by atoms with E-state index >= 15 is 0 Å². The van der Waals surface area contributed by atoms with Crippen LogP contribution in [0, 0.1) is 0 Å². The lowest BCUT2D eigenvalue weighted by atomic mass is 9.90. The van der Waals surface area contributed by atoms with Crippen molar-refractivity contribution < 1.29 is 15.3 Å². The quantitative estimate of drug-likeness (QED) is 0.524. The van der Waals surface area contributed by atoms with Crippen LogP contribution in [0.2, 0.25) is 0 Å². The molecule has 0 N–H and O–H groups in total. The molecular formula is C10H19O3. The van der Waals surface area contributed by atoms with Gasteiger partial charge in [0.05, 0.1) is 13.2 Å². The predicted molar refractivity (Wildman–Crippen MR) is 47.9 cm³/mol. The van der Waals surface area contributed by atoms with Gasteiger partial charge in [-0.3, -0.25) is 0 Å². The molecule has 3 nitrogen and oxygen atoms in total. The molecule has 0 spiro atoms. The van der Waals surface area contributed by atoms with Crippen LogP contribution in [0.15, 0.2) is 0 Å². The van der Waals surface area contributed by atoms with Crippen LogP contribution in [0.25, 0.3) is 0 Å². The van der Waals surface area contributed by atoms with E-state index in [0.717, 1.165) is 19.3 Å². The minimum Gasteiger partial charge on any atom is -0.237 e. The Bertz CT molecular complexity index is 109. The molecule has 0 aliphatic carbocycles. The predicted octanol–water partition coefficient (Wildman–Crippen LogP) is 2.38. The van der Waals surface area contributed by atoms with E-state index in [4.69, 9.17) is 0 Å². The zero-order valence-electron chi connectivity index (χ0n) is 8.38. The SMILES string of the molecule is CCCCCC([O])(CC[O])CC[O]. The summed E-state index contributed by atoms with van der Waals surface area (Å²) in [4.78, 5) is 0. The maximum Gasteiger partial charge on any atom is 0.108 e. The van der Waals surface area contributed by atoms with Gasteiger partial charge in [0.1, 0.15) is 5.60 Å². The summed E-state index contributed by atoms with van der Waals surface area (Å²) in [5.41, 5.74) is -1.22. The first-order chi connectivity index (χ1) is 6.18. The van der Waals surface area contributed by atoms with Crippen molar-refractivity contribution in [1.29, 1.82) is 0 Å². The molecular weight excluding hydrogens is 168 g/mol. The summed E-state index contributed by atoms with van der Waals surface area (Å²) >= 11 is 0. The summed E-state index contributed by atoms with van der Waals surface area (Å²) < 4.78 is 0. The van der Waals surface area contributed by atoms with Crippen molar-refractivity contribution in [3.63, 3.8) is 0 Å². The van der Waals surface area contributed by atoms with Crippen molar-refractivity contribution in [1.82, 2.24) is 0 Å². The average molecular weight is 187 g/mol. The molecule has 0 aromatic heterocycles. The minimum absolute atomic E-state index is 0.110. The van der Waals surface area contributed by atoms with Crippen LogP contribution in [-0.4, -0.2) is 18.8 Å². The second-order valence-corrected chi connectivity index (χ2v) is 3.55. The van der Waals surface area contributed by atoms with Crippen molar-refractivity contribution in [2.24, 2.45) is 0 Å². The molecule has 0 aliphatic rings. The Kier molecular flexibility index (Phi) is 7.23. The largest absolute Gasteiger partial charge is 0.237 e. The molecule has 0 aliphatic heterocycles. The van der Waals surface area contributed by atoms with Gasteiger partial charge in [-0.25, -0.2) is 15.3 Å². The second kappa shape index (κ2) is 7.30. The molecule has 0 fully saturated rings. The highest BCUT2D eigenvalue weighted by molar-refractivity contribution is 4.77. The summed E-state index contributed by atoms with van der Waals surface area (Å²) in [5, 5.41) is 32.5. The number of rotatable bonds is 8. The lowest BCUT2D eigenvalue weighted by Crippen LogP contribution is -2.29. The molecule has 0 rings (SSSR count). The van der Waals surface area contributed by atoms with Gasteiger partial charge in [0.2, 0.25) is 0 Å². The number of hydrogen-bond acceptors (Lipinski definition) is 0. The first-order valence-corrected chi connectivity index (χ1v) is 5.05. The molecule has 0 unspecified atom stereocenters. The van der Waals surface area contributed by atoms with E-state index in [1.807, 2.05) is 0 Å². The van der Waals surface area contributed by atoms with E-state index in [-0.39, 0.29) is 26.1 Å². The summed E-state index contributed by atoms with van der Waals surface area (Å²) in [6, 6.07) is 0. The molecule has 0 bridgehead atoms. The zero-order chi connectivity index (χ0) is 10.2. The first-order valence-electron chi connectivity index (χ1n) is 5.05. The van der Waals surface area contributed by atoms with Gasteiger partial charge in [-0.2, -0.15) is 0 Å². The van der Waals surface area contributed by atoms with Crippen molar-refractivity contribution >= 4 is 0 Å². The van der Waals surface area contributed by atoms with Crippen LogP contribution < -0.4 is 0 Å². The Balaban J connectivity index is 3.76. The molecule has 0 atom stereocenters. The third-order valence-corrected chi connectivity index (χ3v) is 2.35. The smallest absolute Gasteiger partial charge is 0.108 e. The summed E-state index contributed by atoms with van der Waals surface area (Å²) in [6.07, 6.45) is 3.63. The topological polar surface area (TPSA) is 59.7 Å². The Labute approximate surface area is 80.4 Å². The lowest BCUT2D eigenvalue weighted by molar-refractivity contribution is -0.0795. The van der Waals surface area contributed by atoms with Gasteiger partial charge in [0.25, 0.3) is 0 Å². The van der Waals surface area contributed by atoms with E-state index in [1.54, 1.807) is 0 Å². The summed E-state index contributed by atoms with van der Waals surface area (Å²) in [5.74, 6) is 0. The van der Waals surface area contributed by atoms with E-state index in [2.05, 4.69) is 6.92 Å². The van der Waals surface area contributed by atoms with Crippen molar-refractivity contribution in [3.8, 4) is 0 Å². The molecule has 3 radical (unpaired) electrons. The minimum atomic E-state index is -1.22. The van der Waals surface area contributed by atoms with Crippen molar-refractivity contribution in [3.05, 3.63) is 0 Å². The van der Waals surface area contributed by atoms with E-state index in [1.165, 1.54) is 0 Å². The molecule has 0 aromatic rings. The van der Waals surface area contributed by atoms with Crippen LogP contribution in [-0.2, 0) is 15.3 Å². The molecule has 0 saturated carbocycles. The fraction of sp³-hybridized carbons (Fsp3) is 1.00. The molecule has 0 amide bonds. The van der Waals surface area contributed by atoms with Gasteiger partial charge in [-0.15, -0.1) is 0 Å². The highest BCUT2D eigenvalue weighted by Gasteiger charge is 2.27. The first kappa shape index (κ1) is 12.9. The Hall–Kier alpha value is -0.120. The molecule has 0 heterocycles. The van der Waals surface area contributed by atoms with Gasteiger partial charge < -0.3 is 0 Å². The Morgan fingerprint density at radius 1 is 0.923 bits per heavy atom. The fourth-order valence-corrected chi connectivity index (χ4v) is 1.44. The Morgan fingerprint density at radius 3 is 1.85 bits per heavy atom. The van der Waals surface area contributed by atoms with E-state index < -0.39 is 5.60 Å². The highest BCUT2D eigenvalue weighted by Crippen LogP contribution is 2.23. The standard InChI is InChI=1S/C10H19O3/c1-2-3-4-5-10(13,6-8-11)7-9-12/h2-9H2,1H3. The van der Waals surface area contributed by atoms with Crippen molar-refractivity contribution in [2.45, 2.75) is 51.0 Å². The molecule has 0 saturated heterocycles. The van der Waals surface area contributed by atoms with Crippen LogP contribution in [0.5, 0.6) is 0 Å². The maximum atomic E-state index is 11.8. The molecule has 3 heteroatoms. The van der Waals surface area contributed by atoms with Crippen LogP contribution >= 0.6 is 0 Å². The van der Waals surface area contributed by atoms with Gasteiger partial charge in [0.15, 0.2) is 0 Å². The monoisotopic (exact) mass is 187 g/mol. The highest BCUT2D eigenvalue weighted by atomic mass is 16.3. The molecule has 0 aromatic carbocycles. The van der Waals surface area contributed by atoms with Crippen LogP contribution in [0.4, 0.5) is 0 Å². The van der Waals surface area contributed by atoms with E-state index in [9.17, 15) is 15.3 Å². The number of hydrogen-bond donors (Lipinski definition) is 0. The van der Waals surface area contributed by atoms with Gasteiger partial charge in [-0.1, -0.05) is 26.2 Å². The van der Waals surface area contributed by atoms with Crippen LogP contribution in [0.3, 0.4) is 0 Å². The molecule has 77 valence electrons. The third kappa shape index (κ3) is 6.02. The van der Waals surface area contributed by atoms with Crippen molar-refractivity contribution in [2.75, 3.05) is 13.2 Å². The van der Waals surface area contributed by atoms with Gasteiger partial charge >= 0.3 is 0 Å². The fourth-order valence-electron chi connectivity index (χ4n) is 1.44. The van der Waals surface area contributed by atoms with Gasteiger partial charge in [0, 0.05) is 12.8 Å². The maximum absolute atomic E-state index is 11.8. The Morgan fingerprint density at radius 2 is 1.46 bits per heavy atom. The zero-order valence-corrected chi connectivity index (χ0v) is 8.38. The lowest BCUT2D eigenvalue weighted by Gasteiger charge is -2.22. The summed E-state index contributed by atoms with van der Waals surface area (Å²) in [6.45, 7) is 1.36. The third-order valence-electron chi connectivity index (χ3n) is 2.35. The number of unbranched alkanes of at least 4 members (excludes halogenated alkanes) is 2. The second-order valence-electron chi connectivity index (χ2n) is 3.55. The van der Waals surface area contributed by atoms with E-state index in [0.29, 0.717) is 6.42 Å². The molecule has 13 heavy (non-hydrogen) atoms. The normalized spacial score (nSPS) is 12.0. The van der Waals surface area contributed by atoms with Gasteiger partial charge in [-0.05, 0) is 6.42 Å². The summed E-state index contributed by atoms with van der Waals surface area (Å²) in [7, 11) is 0.